The highest BCUT2D eigenvalue weighted by Crippen LogP contribution is 2.38. The van der Waals surface area contributed by atoms with Crippen molar-refractivity contribution in [3.8, 4) is 11.5 Å². The van der Waals surface area contributed by atoms with Gasteiger partial charge in [0.05, 0.1) is 18.5 Å². The van der Waals surface area contributed by atoms with Crippen molar-refractivity contribution in [1.82, 2.24) is 10.2 Å². The van der Waals surface area contributed by atoms with Crippen LogP contribution >= 0.6 is 11.6 Å². The van der Waals surface area contributed by atoms with Crippen LogP contribution in [0.4, 0.5) is 0 Å². The second kappa shape index (κ2) is 14.5. The number of allylic oxidation sites excluding steroid dienone is 1. The van der Waals surface area contributed by atoms with Crippen molar-refractivity contribution in [3.05, 3.63) is 116 Å². The van der Waals surface area contributed by atoms with Gasteiger partial charge < -0.3 is 24.5 Å². The third-order valence-corrected chi connectivity index (χ3v) is 9.53. The highest BCUT2D eigenvalue weighted by molar-refractivity contribution is 6.30. The van der Waals surface area contributed by atoms with Gasteiger partial charge >= 0.3 is 0 Å². The van der Waals surface area contributed by atoms with E-state index in [9.17, 15) is 19.5 Å². The second-order valence-electron chi connectivity index (χ2n) is 12.5. The number of hydrogen-bond acceptors (Lipinski definition) is 6. The molecule has 2 fully saturated rings. The molecule has 1 atom stereocenters. The summed E-state index contributed by atoms with van der Waals surface area (Å²) in [6.45, 7) is 1.49. The maximum atomic E-state index is 13.5. The lowest BCUT2D eigenvalue weighted by Gasteiger charge is -2.31. The van der Waals surface area contributed by atoms with Crippen LogP contribution in [0.5, 0.6) is 11.5 Å². The number of likely N-dealkylation sites (tertiary alicyclic amines) is 1. The Morgan fingerprint density at radius 1 is 1.06 bits per heavy atom. The number of phenols is 1. The fraction of sp³-hybridized carbons (Fsp3) is 0.342. The summed E-state index contributed by atoms with van der Waals surface area (Å²) in [6, 6.07) is 19.5. The summed E-state index contributed by atoms with van der Waals surface area (Å²) < 4.78 is 11.0. The number of amides is 2. The molecule has 0 unspecified atom stereocenters. The first-order chi connectivity index (χ1) is 22.8. The molecule has 2 heterocycles. The Morgan fingerprint density at radius 2 is 1.83 bits per heavy atom. The van der Waals surface area contributed by atoms with Crippen LogP contribution in [-0.2, 0) is 17.8 Å². The molecule has 9 heteroatoms. The van der Waals surface area contributed by atoms with Crippen molar-refractivity contribution in [2.24, 2.45) is 0 Å². The molecule has 8 nitrogen and oxygen atoms in total. The molecule has 244 valence electrons. The monoisotopic (exact) mass is 654 g/mol. The lowest BCUT2D eigenvalue weighted by atomic mass is 9.79. The molecule has 0 bridgehead atoms. The zero-order valence-corrected chi connectivity index (χ0v) is 27.2. The SMILES string of the molecule is COc1cc2oc(C(=O)N[C@H](C=C3CCC(c4ccccc4CN4CCCCC4=O)CC3)Cc3ccc(Cl)cc3)cc(=O)c2cc1O. The molecule has 1 aromatic heterocycles. The van der Waals surface area contributed by atoms with E-state index in [4.69, 9.17) is 20.8 Å². The molecule has 47 heavy (non-hydrogen) atoms. The fourth-order valence-corrected chi connectivity index (χ4v) is 6.90. The number of hydrogen-bond donors (Lipinski definition) is 2. The zero-order chi connectivity index (χ0) is 32.9. The van der Waals surface area contributed by atoms with E-state index in [0.717, 1.165) is 56.7 Å². The maximum absolute atomic E-state index is 13.5. The smallest absolute Gasteiger partial charge is 0.287 e. The van der Waals surface area contributed by atoms with E-state index in [2.05, 4.69) is 35.7 Å². The number of rotatable bonds is 9. The summed E-state index contributed by atoms with van der Waals surface area (Å²) in [4.78, 5) is 40.9. The molecule has 0 spiro atoms. The predicted molar refractivity (Wildman–Crippen MR) is 182 cm³/mol. The summed E-state index contributed by atoms with van der Waals surface area (Å²) in [7, 11) is 1.40. The topological polar surface area (TPSA) is 109 Å². The lowest BCUT2D eigenvalue weighted by molar-refractivity contribution is -0.133. The fourth-order valence-electron chi connectivity index (χ4n) is 6.77. The van der Waals surface area contributed by atoms with Crippen LogP contribution in [0.3, 0.4) is 0 Å². The quantitative estimate of drug-likeness (QED) is 0.183. The number of aromatic hydroxyl groups is 1. The van der Waals surface area contributed by atoms with Crippen molar-refractivity contribution < 1.29 is 23.8 Å². The van der Waals surface area contributed by atoms with Gasteiger partial charge in [-0.05, 0) is 85.8 Å². The molecule has 1 aliphatic carbocycles. The number of methoxy groups -OCH3 is 1. The third-order valence-electron chi connectivity index (χ3n) is 9.28. The van der Waals surface area contributed by atoms with Gasteiger partial charge in [-0.3, -0.25) is 14.4 Å². The summed E-state index contributed by atoms with van der Waals surface area (Å²) in [5.74, 6) is -0.0354. The number of halogens is 1. The molecular formula is C38H39ClN2O6. The Bertz CT molecular complexity index is 1850. The highest BCUT2D eigenvalue weighted by atomic mass is 35.5. The van der Waals surface area contributed by atoms with E-state index in [0.29, 0.717) is 30.3 Å². The summed E-state index contributed by atoms with van der Waals surface area (Å²) in [5, 5.41) is 14.0. The van der Waals surface area contributed by atoms with Crippen LogP contribution in [0.2, 0.25) is 5.02 Å². The summed E-state index contributed by atoms with van der Waals surface area (Å²) >= 11 is 6.13. The average Bonchev–Trinajstić information content (AvgIpc) is 3.07. The van der Waals surface area contributed by atoms with Crippen LogP contribution in [0.25, 0.3) is 11.0 Å². The molecule has 4 aromatic rings. The average molecular weight is 655 g/mol. The van der Waals surface area contributed by atoms with Gasteiger partial charge in [-0.25, -0.2) is 0 Å². The highest BCUT2D eigenvalue weighted by Gasteiger charge is 2.25. The van der Waals surface area contributed by atoms with Gasteiger partial charge in [0.15, 0.2) is 22.7 Å². The number of carbonyl (C=O) groups excluding carboxylic acids is 2. The van der Waals surface area contributed by atoms with Gasteiger partial charge in [0.2, 0.25) is 5.91 Å². The summed E-state index contributed by atoms with van der Waals surface area (Å²) in [6.07, 6.45) is 9.09. The number of fused-ring (bicyclic) bond motifs is 1. The van der Waals surface area contributed by atoms with Crippen LogP contribution in [-0.4, -0.2) is 41.5 Å². The largest absolute Gasteiger partial charge is 0.504 e. The third kappa shape index (κ3) is 7.71. The molecule has 1 aliphatic heterocycles. The van der Waals surface area contributed by atoms with Gasteiger partial charge in [0.25, 0.3) is 5.91 Å². The Kier molecular flexibility index (Phi) is 9.97. The number of ether oxygens (including phenoxy) is 1. The summed E-state index contributed by atoms with van der Waals surface area (Å²) in [5.41, 5.74) is 4.54. The van der Waals surface area contributed by atoms with E-state index < -0.39 is 11.3 Å². The first kappa shape index (κ1) is 32.4. The maximum Gasteiger partial charge on any atom is 0.287 e. The molecular weight excluding hydrogens is 616 g/mol. The van der Waals surface area contributed by atoms with Gasteiger partial charge in [-0.15, -0.1) is 0 Å². The number of nitrogens with one attached hydrogen (secondary N) is 1. The van der Waals surface area contributed by atoms with E-state index in [1.807, 2.05) is 29.2 Å². The van der Waals surface area contributed by atoms with Crippen LogP contribution in [0.15, 0.2) is 87.6 Å². The van der Waals surface area contributed by atoms with E-state index in [-0.39, 0.29) is 40.2 Å². The molecule has 0 radical (unpaired) electrons. The van der Waals surface area contributed by atoms with Gasteiger partial charge in [0.1, 0.15) is 5.58 Å². The molecule has 1 saturated carbocycles. The lowest BCUT2D eigenvalue weighted by Crippen LogP contribution is -2.36. The second-order valence-corrected chi connectivity index (χ2v) is 12.9. The van der Waals surface area contributed by atoms with Crippen molar-refractivity contribution in [3.63, 3.8) is 0 Å². The van der Waals surface area contributed by atoms with Gasteiger partial charge in [-0.2, -0.15) is 0 Å². The van der Waals surface area contributed by atoms with Crippen LogP contribution < -0.4 is 15.5 Å². The minimum absolute atomic E-state index is 0.123. The van der Waals surface area contributed by atoms with Crippen molar-refractivity contribution >= 4 is 34.4 Å². The predicted octanol–water partition coefficient (Wildman–Crippen LogP) is 7.30. The van der Waals surface area contributed by atoms with Gasteiger partial charge in [-0.1, -0.05) is 59.6 Å². The van der Waals surface area contributed by atoms with Crippen LogP contribution in [0, 0.1) is 0 Å². The van der Waals surface area contributed by atoms with Gasteiger partial charge in [0, 0.05) is 36.7 Å². The number of piperidine rings is 1. The molecule has 1 saturated heterocycles. The number of phenolic OH excluding ortho intramolecular Hbond substituents is 1. The Balaban J connectivity index is 1.20. The van der Waals surface area contributed by atoms with E-state index in [1.54, 1.807) is 0 Å². The molecule has 2 aliphatic rings. The normalized spacial score (nSPS) is 17.4. The minimum Gasteiger partial charge on any atom is -0.504 e. The molecule has 2 amide bonds. The number of nitrogens with zero attached hydrogens (tertiary/aromatic N) is 1. The molecule has 2 N–H and O–H groups in total. The van der Waals surface area contributed by atoms with Crippen molar-refractivity contribution in [1.29, 1.82) is 0 Å². The standard InChI is InChI=1S/C38H39ClN2O6/c1-46-35-22-34-31(20-33(35)43)32(42)21-36(47-34)38(45)40-29(19-25-11-15-28(39)16-12-25)18-24-9-13-26(14-10-24)30-7-3-2-6-27(30)23-41-17-5-4-8-37(41)44/h2-3,6-7,11-12,15-16,18,20-22,26,29,43H,4-5,8-10,13-14,17,19,23H2,1H3,(H,40,45)/t26?,29-/m1/s1. The van der Waals surface area contributed by atoms with Crippen molar-refractivity contribution in [2.45, 2.75) is 69.9 Å². The zero-order valence-electron chi connectivity index (χ0n) is 26.5. The van der Waals surface area contributed by atoms with Crippen molar-refractivity contribution in [2.75, 3.05) is 13.7 Å². The Morgan fingerprint density at radius 3 is 2.57 bits per heavy atom. The van der Waals surface area contributed by atoms with E-state index in [1.165, 1.54) is 35.9 Å². The molecule has 6 rings (SSSR count). The molecule has 3 aromatic carbocycles. The first-order valence-electron chi connectivity index (χ1n) is 16.2. The minimum atomic E-state index is -0.512. The Labute approximate surface area is 279 Å². The number of carbonyl (C=O) groups is 2. The van der Waals surface area contributed by atoms with Crippen LogP contribution in [0.1, 0.15) is 78.1 Å². The number of benzene rings is 3. The van der Waals surface area contributed by atoms with E-state index >= 15 is 0 Å². The first-order valence-corrected chi connectivity index (χ1v) is 16.6. The Hall–Kier alpha value is -4.56.